The van der Waals surface area contributed by atoms with Crippen LogP contribution < -0.4 is 46.3 Å². The molecule has 0 aromatic heterocycles. The van der Waals surface area contributed by atoms with Gasteiger partial charge in [-0.25, -0.2) is 0 Å². The molecule has 0 aliphatic rings. The molecule has 6 aromatic carbocycles. The van der Waals surface area contributed by atoms with Gasteiger partial charge in [0.1, 0.15) is 9.79 Å². The smallest absolute Gasteiger partial charge is 0.872 e. The Labute approximate surface area is 405 Å². The fourth-order valence-corrected chi connectivity index (χ4v) is 8.26. The van der Waals surface area contributed by atoms with Crippen molar-refractivity contribution in [3.8, 4) is 11.5 Å². The molecule has 0 aliphatic carbocycles. The van der Waals surface area contributed by atoms with Crippen molar-refractivity contribution in [1.29, 1.82) is 0 Å². The number of nitrogens with two attached hydrogens (primary N) is 2. The Morgan fingerprint density at radius 2 is 0.754 bits per heavy atom. The van der Waals surface area contributed by atoms with Crippen LogP contribution in [0.5, 0.6) is 11.5 Å². The van der Waals surface area contributed by atoms with Crippen LogP contribution in [0.1, 0.15) is 11.1 Å². The first-order valence-electron chi connectivity index (χ1n) is 17.9. The van der Waals surface area contributed by atoms with Crippen molar-refractivity contribution in [1.82, 2.24) is 24.6 Å². The third kappa shape index (κ3) is 17.1. The van der Waals surface area contributed by atoms with E-state index in [0.29, 0.717) is 60.8 Å². The van der Waals surface area contributed by atoms with Gasteiger partial charge in [0, 0.05) is 36.3 Å². The molecule has 0 aliphatic heterocycles. The second kappa shape index (κ2) is 26.0. The second-order valence-electron chi connectivity index (χ2n) is 13.0. The predicted octanol–water partition coefficient (Wildman–Crippen LogP) is 5.05. The summed E-state index contributed by atoms with van der Waals surface area (Å²) in [5.74, 6) is -0.517. The van der Waals surface area contributed by atoms with Gasteiger partial charge in [-0.2, -0.15) is 54.1 Å². The predicted molar refractivity (Wildman–Crippen MR) is 250 cm³/mol. The Morgan fingerprint density at radius 3 is 1.04 bits per heavy atom. The monoisotopic (exact) mass is 1080 g/mol. The van der Waals surface area contributed by atoms with E-state index in [1.54, 1.807) is 0 Å². The molecule has 0 saturated carbocycles. The van der Waals surface area contributed by atoms with E-state index in [4.69, 9.17) is 11.5 Å². The van der Waals surface area contributed by atoms with Gasteiger partial charge in [0.15, 0.2) is 0 Å². The minimum atomic E-state index is -4.78. The third-order valence-corrected chi connectivity index (χ3v) is 11.9. The van der Waals surface area contributed by atoms with E-state index in [1.165, 1.54) is 85.2 Å². The number of aliphatic imine (C=N–C) groups is 2. The van der Waals surface area contributed by atoms with Gasteiger partial charge in [0.25, 0.3) is 40.5 Å². The van der Waals surface area contributed by atoms with E-state index in [9.17, 15) is 62.1 Å². The van der Waals surface area contributed by atoms with Crippen LogP contribution in [-0.2, 0) is 57.3 Å². The second-order valence-corrected chi connectivity index (χ2v) is 18.7. The Morgan fingerprint density at radius 1 is 0.449 bits per heavy atom. The van der Waals surface area contributed by atoms with E-state index in [2.05, 4.69) is 30.4 Å². The van der Waals surface area contributed by atoms with Crippen LogP contribution in [0.15, 0.2) is 147 Å². The Hall–Kier alpha value is -6.11. The number of rotatable bonds is 14. The van der Waals surface area contributed by atoms with E-state index in [1.807, 2.05) is 0 Å². The molecular formula is C38H46CoN12O14S4. The van der Waals surface area contributed by atoms with Crippen molar-refractivity contribution < 1.29 is 78.9 Å². The molecule has 31 heteroatoms. The first kappa shape index (κ1) is 62.9. The van der Waals surface area contributed by atoms with Crippen molar-refractivity contribution >= 4 is 97.2 Å². The first-order chi connectivity index (χ1) is 30.0. The Kier molecular flexibility index (Phi) is 23.7. The maximum atomic E-state index is 11.9. The first-order valence-corrected chi connectivity index (χ1v) is 23.6. The topological polar surface area (TPSA) is 530 Å². The minimum absolute atomic E-state index is 0. The van der Waals surface area contributed by atoms with E-state index < -0.39 is 60.1 Å². The number of benzene rings is 6. The van der Waals surface area contributed by atoms with Crippen molar-refractivity contribution in [2.45, 2.75) is 19.6 Å². The summed E-state index contributed by atoms with van der Waals surface area (Å²) < 4.78 is 130. The number of fused-ring (bicyclic) bond motifs is 2. The molecule has 1 radical (unpaired) electrons. The molecule has 6 rings (SSSR count). The van der Waals surface area contributed by atoms with Gasteiger partial charge in [-0.15, -0.1) is 0 Å². The summed E-state index contributed by atoms with van der Waals surface area (Å²) in [6.07, 6.45) is 2.77. The van der Waals surface area contributed by atoms with E-state index >= 15 is 0 Å². The van der Waals surface area contributed by atoms with Crippen LogP contribution in [0.25, 0.3) is 21.5 Å². The summed E-state index contributed by atoms with van der Waals surface area (Å²) in [5, 5.41) is 40.0. The van der Waals surface area contributed by atoms with Crippen LogP contribution >= 0.6 is 0 Å². The minimum Gasteiger partial charge on any atom is -0.872 e. The molecule has 375 valence electrons. The molecule has 0 fully saturated rings. The summed E-state index contributed by atoms with van der Waals surface area (Å²) in [6.45, 7) is 1.40. The summed E-state index contributed by atoms with van der Waals surface area (Å²) in [4.78, 5) is 5.24. The molecule has 0 heterocycles. The molecule has 0 saturated heterocycles. The summed E-state index contributed by atoms with van der Waals surface area (Å²) in [5.41, 5.74) is 12.4. The van der Waals surface area contributed by atoms with Crippen molar-refractivity contribution in [2.24, 2.45) is 41.9 Å². The summed E-state index contributed by atoms with van der Waals surface area (Å²) in [7, 11) is -19.0. The zero-order valence-corrected chi connectivity index (χ0v) is 40.0. The normalized spacial score (nSPS) is 11.9. The van der Waals surface area contributed by atoms with Crippen LogP contribution in [0.3, 0.4) is 0 Å². The zero-order chi connectivity index (χ0) is 47.0. The molecule has 69 heavy (non-hydrogen) atoms. The number of hydrogen-bond acceptors (Lipinski definition) is 22. The molecule has 0 unspecified atom stereocenters. The molecule has 0 amide bonds. The number of azo groups is 2. The largest absolute Gasteiger partial charge is 2.00 e. The molecule has 0 bridgehead atoms. The van der Waals surface area contributed by atoms with Crippen LogP contribution in [0, 0.1) is 0 Å². The molecule has 26 nitrogen and oxygen atoms in total. The third-order valence-electron chi connectivity index (χ3n) is 8.42. The van der Waals surface area contributed by atoms with Crippen molar-refractivity contribution in [3.05, 3.63) is 108 Å². The maximum absolute atomic E-state index is 11.9. The van der Waals surface area contributed by atoms with Gasteiger partial charge in [-0.05, 0) is 94.7 Å². The van der Waals surface area contributed by atoms with Crippen molar-refractivity contribution in [3.63, 3.8) is 0 Å². The Bertz CT molecular complexity index is 3140. The zero-order valence-electron chi connectivity index (χ0n) is 35.7. The fourth-order valence-electron chi connectivity index (χ4n) is 5.54. The molecule has 6 aromatic rings. The van der Waals surface area contributed by atoms with Crippen LogP contribution in [-0.4, -0.2) is 90.5 Å². The van der Waals surface area contributed by atoms with E-state index in [-0.39, 0.29) is 85.8 Å². The van der Waals surface area contributed by atoms with E-state index in [0.717, 1.165) is 12.1 Å². The van der Waals surface area contributed by atoms with Gasteiger partial charge in [-0.1, -0.05) is 35.8 Å². The SMILES string of the molecule is N.N.N.N.NCCN=Cc1cc(N=Nc2ccc3c(S(=O)(=O)O)cc(S(=O)(=O)O)cc3c2)ccc1[O-].NCCN=Cc1cc(N=Nc2ccc3c(S(=O)(=O)O)cc(S(=O)(=O)O)cc3c2)ccc1[O-].[Co+2]. The van der Waals surface area contributed by atoms with Gasteiger partial charge >= 0.3 is 16.8 Å². The van der Waals surface area contributed by atoms with Gasteiger partial charge in [0.05, 0.1) is 45.6 Å². The van der Waals surface area contributed by atoms with Gasteiger partial charge in [-0.3, -0.25) is 28.2 Å². The Balaban J connectivity index is 0.00000125. The van der Waals surface area contributed by atoms with Gasteiger partial charge < -0.3 is 46.3 Å². The average Bonchev–Trinajstić information content (AvgIpc) is 3.22. The number of nitrogens with zero attached hydrogens (tertiary/aromatic N) is 6. The fraction of sp³-hybridized carbons (Fsp3) is 0.105. The summed E-state index contributed by atoms with van der Waals surface area (Å²) >= 11 is 0. The summed E-state index contributed by atoms with van der Waals surface area (Å²) in [6, 6.07) is 19.9. The number of hydrogen-bond donors (Lipinski definition) is 10. The quantitative estimate of drug-likeness (QED) is 0.0388. The molecule has 0 atom stereocenters. The standard InChI is InChI=1S/2C19H18N4O7S2.Co.4H3N/c2*20-5-6-21-11-13-8-15(2-4-18(13)24)23-22-14-1-3-17-12(7-14)9-16(31(25,26)27)10-19(17)32(28,29)30;;;;;/h2*1-4,7-11,24H,5-6,20H2,(H,25,26,27)(H,28,29,30);;4*1H3/q;;+2;;;;/p-2. The van der Waals surface area contributed by atoms with Crippen molar-refractivity contribution in [2.75, 3.05) is 26.2 Å². The molecule has 20 N–H and O–H groups in total. The molecular weight excluding hydrogens is 1040 g/mol. The van der Waals surface area contributed by atoms with Gasteiger partial charge in [0.2, 0.25) is 0 Å². The van der Waals surface area contributed by atoms with Crippen LogP contribution in [0.2, 0.25) is 0 Å². The van der Waals surface area contributed by atoms with Crippen LogP contribution in [0.4, 0.5) is 22.7 Å². The average molecular weight is 1080 g/mol. The molecule has 0 spiro atoms. The maximum Gasteiger partial charge on any atom is 2.00 e.